The van der Waals surface area contributed by atoms with Crippen LogP contribution in [0.5, 0.6) is 0 Å². The Bertz CT molecular complexity index is 1280. The van der Waals surface area contributed by atoms with E-state index in [2.05, 4.69) is 4.98 Å². The van der Waals surface area contributed by atoms with Crippen LogP contribution in [0.15, 0.2) is 58.5 Å². The highest BCUT2D eigenvalue weighted by Crippen LogP contribution is 2.32. The van der Waals surface area contributed by atoms with Gasteiger partial charge in [0.05, 0.1) is 32.5 Å². The smallest absolute Gasteiger partial charge is 0.256 e. The van der Waals surface area contributed by atoms with E-state index in [4.69, 9.17) is 5.26 Å². The number of nitriles is 1. The van der Waals surface area contributed by atoms with Crippen LogP contribution in [0, 0.1) is 17.1 Å². The second-order valence-corrected chi connectivity index (χ2v) is 9.82. The first-order valence-electron chi connectivity index (χ1n) is 9.12. The number of carbonyl (C=O) groups is 1. The molecule has 6 nitrogen and oxygen atoms in total. The van der Waals surface area contributed by atoms with Crippen molar-refractivity contribution in [1.29, 1.82) is 5.26 Å². The monoisotopic (exact) mass is 441 g/mol. The minimum atomic E-state index is -4.19. The van der Waals surface area contributed by atoms with Gasteiger partial charge in [-0.25, -0.2) is 12.8 Å². The minimum absolute atomic E-state index is 0.0524. The fraction of sp³-hybridized carbons (Fsp3) is 0.190. The molecule has 0 unspecified atom stereocenters. The van der Waals surface area contributed by atoms with Crippen molar-refractivity contribution in [3.8, 4) is 6.07 Å². The van der Waals surface area contributed by atoms with E-state index in [-0.39, 0.29) is 26.3 Å². The molecule has 9 heteroatoms. The van der Waals surface area contributed by atoms with Crippen LogP contribution in [0.3, 0.4) is 0 Å². The summed E-state index contributed by atoms with van der Waals surface area (Å²) in [4.78, 5) is 18.7. The molecule has 1 aliphatic heterocycles. The van der Waals surface area contributed by atoms with Crippen molar-refractivity contribution in [1.82, 2.24) is 9.88 Å². The maximum Gasteiger partial charge on any atom is 0.256 e. The zero-order valence-corrected chi connectivity index (χ0v) is 17.3. The van der Waals surface area contributed by atoms with Crippen molar-refractivity contribution in [3.05, 3.63) is 65.6 Å². The molecule has 1 aromatic heterocycles. The Morgan fingerprint density at radius 3 is 2.50 bits per heavy atom. The lowest BCUT2D eigenvalue weighted by Crippen LogP contribution is -2.38. The minimum Gasteiger partial charge on any atom is -0.337 e. The Kier molecular flexibility index (Phi) is 5.45. The van der Waals surface area contributed by atoms with Gasteiger partial charge in [0.15, 0.2) is 0 Å². The Labute approximate surface area is 177 Å². The second-order valence-electron chi connectivity index (χ2n) is 6.71. The first-order chi connectivity index (χ1) is 14.4. The van der Waals surface area contributed by atoms with Crippen LogP contribution in [-0.4, -0.2) is 48.8 Å². The molecule has 0 bridgehead atoms. The zero-order valence-electron chi connectivity index (χ0n) is 15.7. The first kappa shape index (κ1) is 20.3. The van der Waals surface area contributed by atoms with Crippen molar-refractivity contribution >= 4 is 38.4 Å². The molecular weight excluding hydrogens is 425 g/mol. The van der Waals surface area contributed by atoms with E-state index in [0.29, 0.717) is 18.7 Å². The molecule has 1 fully saturated rings. The lowest BCUT2D eigenvalue weighted by molar-refractivity contribution is 0.0768. The molecular formula is C21H16FN3O3S2. The zero-order chi connectivity index (χ0) is 21.3. The number of carbonyl (C=O) groups excluding carboxylic acids is 1. The number of amides is 1. The van der Waals surface area contributed by atoms with E-state index in [1.165, 1.54) is 42.6 Å². The van der Waals surface area contributed by atoms with Crippen molar-refractivity contribution < 1.29 is 17.6 Å². The standard InChI is InChI=1S/C21H16FN3O3S2/c22-15-3-6-19-17(11-15)20(30(27,28)16-4-1-14(12-23)2-5-16)18(13-24-19)21(26)25-7-9-29-10-8-25/h1-6,11,13H,7-10H2. The number of thioether (sulfide) groups is 1. The van der Waals surface area contributed by atoms with E-state index in [1.807, 2.05) is 6.07 Å². The van der Waals surface area contributed by atoms with Gasteiger partial charge in [0.2, 0.25) is 9.84 Å². The Morgan fingerprint density at radius 2 is 1.83 bits per heavy atom. The van der Waals surface area contributed by atoms with Crippen LogP contribution in [0.25, 0.3) is 10.9 Å². The van der Waals surface area contributed by atoms with Crippen LogP contribution < -0.4 is 0 Å². The molecule has 0 radical (unpaired) electrons. The molecule has 3 aromatic rings. The van der Waals surface area contributed by atoms with Crippen LogP contribution in [0.4, 0.5) is 4.39 Å². The van der Waals surface area contributed by atoms with Gasteiger partial charge in [-0.1, -0.05) is 0 Å². The Hall–Kier alpha value is -2.96. The number of aromatic nitrogens is 1. The fourth-order valence-electron chi connectivity index (χ4n) is 3.35. The summed E-state index contributed by atoms with van der Waals surface area (Å²) in [5.41, 5.74) is 0.500. The maximum atomic E-state index is 14.0. The number of nitrogens with zero attached hydrogens (tertiary/aromatic N) is 3. The molecule has 2 heterocycles. The maximum absolute atomic E-state index is 14.0. The average molecular weight is 442 g/mol. The summed E-state index contributed by atoms with van der Waals surface area (Å²) in [6, 6.07) is 11.0. The predicted molar refractivity (Wildman–Crippen MR) is 112 cm³/mol. The highest BCUT2D eigenvalue weighted by atomic mass is 32.2. The summed E-state index contributed by atoms with van der Waals surface area (Å²) in [7, 11) is -4.19. The number of hydrogen-bond acceptors (Lipinski definition) is 6. The van der Waals surface area contributed by atoms with E-state index >= 15 is 0 Å². The fourth-order valence-corrected chi connectivity index (χ4v) is 5.86. The van der Waals surface area contributed by atoms with Crippen LogP contribution in [-0.2, 0) is 9.84 Å². The summed E-state index contributed by atoms with van der Waals surface area (Å²) >= 11 is 1.72. The second kappa shape index (κ2) is 8.05. The Morgan fingerprint density at radius 1 is 1.13 bits per heavy atom. The molecule has 0 aliphatic carbocycles. The lowest BCUT2D eigenvalue weighted by atomic mass is 10.1. The molecule has 2 aromatic carbocycles. The van der Waals surface area contributed by atoms with E-state index < -0.39 is 21.6 Å². The molecule has 30 heavy (non-hydrogen) atoms. The lowest BCUT2D eigenvalue weighted by Gasteiger charge is -2.27. The third kappa shape index (κ3) is 3.64. The SMILES string of the molecule is N#Cc1ccc(S(=O)(=O)c2c(C(=O)N3CCSCC3)cnc3ccc(F)cc23)cc1. The van der Waals surface area contributed by atoms with Crippen LogP contribution in [0.1, 0.15) is 15.9 Å². The normalized spacial score (nSPS) is 14.5. The highest BCUT2D eigenvalue weighted by Gasteiger charge is 2.30. The van der Waals surface area contributed by atoms with Gasteiger partial charge in [-0.2, -0.15) is 17.0 Å². The summed E-state index contributed by atoms with van der Waals surface area (Å²) < 4.78 is 41.2. The number of pyridine rings is 1. The van der Waals surface area contributed by atoms with Crippen molar-refractivity contribution in [2.45, 2.75) is 9.79 Å². The summed E-state index contributed by atoms with van der Waals surface area (Å²) in [6.07, 6.45) is 1.25. The number of sulfone groups is 1. The molecule has 0 saturated carbocycles. The van der Waals surface area contributed by atoms with Crippen LogP contribution >= 0.6 is 11.8 Å². The molecule has 152 valence electrons. The van der Waals surface area contributed by atoms with Gasteiger partial charge in [-0.15, -0.1) is 0 Å². The van der Waals surface area contributed by atoms with E-state index in [1.54, 1.807) is 16.7 Å². The quantitative estimate of drug-likeness (QED) is 0.620. The molecule has 0 spiro atoms. The van der Waals surface area contributed by atoms with Gasteiger partial charge < -0.3 is 4.90 Å². The molecule has 1 saturated heterocycles. The van der Waals surface area contributed by atoms with Gasteiger partial charge in [-0.3, -0.25) is 9.78 Å². The largest absolute Gasteiger partial charge is 0.337 e. The predicted octanol–water partition coefficient (Wildman–Crippen LogP) is 3.27. The number of rotatable bonds is 3. The molecule has 4 rings (SSSR count). The van der Waals surface area contributed by atoms with Gasteiger partial charge in [0, 0.05) is 36.2 Å². The number of fused-ring (bicyclic) bond motifs is 1. The summed E-state index contributed by atoms with van der Waals surface area (Å²) in [5.74, 6) is 0.457. The first-order valence-corrected chi connectivity index (χ1v) is 11.8. The van der Waals surface area contributed by atoms with Gasteiger partial charge in [0.1, 0.15) is 5.82 Å². The molecule has 0 atom stereocenters. The summed E-state index contributed by atoms with van der Waals surface area (Å²) in [5, 5.41) is 9.03. The average Bonchev–Trinajstić information content (AvgIpc) is 2.78. The molecule has 0 N–H and O–H groups in total. The van der Waals surface area contributed by atoms with Crippen molar-refractivity contribution in [2.24, 2.45) is 0 Å². The number of hydrogen-bond donors (Lipinski definition) is 0. The topological polar surface area (TPSA) is 91.1 Å². The van der Waals surface area contributed by atoms with Crippen molar-refractivity contribution in [3.63, 3.8) is 0 Å². The third-order valence-electron chi connectivity index (χ3n) is 4.87. The van der Waals surface area contributed by atoms with Crippen molar-refractivity contribution in [2.75, 3.05) is 24.6 Å². The third-order valence-corrected chi connectivity index (χ3v) is 7.68. The van der Waals surface area contributed by atoms with Gasteiger partial charge in [-0.05, 0) is 42.5 Å². The van der Waals surface area contributed by atoms with E-state index in [0.717, 1.165) is 17.6 Å². The van der Waals surface area contributed by atoms with Gasteiger partial charge in [0.25, 0.3) is 5.91 Å². The Balaban J connectivity index is 1.96. The molecule has 1 aliphatic rings. The number of benzene rings is 2. The summed E-state index contributed by atoms with van der Waals surface area (Å²) in [6.45, 7) is 1.00. The highest BCUT2D eigenvalue weighted by molar-refractivity contribution is 7.99. The van der Waals surface area contributed by atoms with Crippen LogP contribution in [0.2, 0.25) is 0 Å². The van der Waals surface area contributed by atoms with E-state index in [9.17, 15) is 17.6 Å². The number of halogens is 1. The molecule has 1 amide bonds. The van der Waals surface area contributed by atoms with Gasteiger partial charge >= 0.3 is 0 Å².